The Morgan fingerprint density at radius 1 is 1.58 bits per heavy atom. The summed E-state index contributed by atoms with van der Waals surface area (Å²) in [5.41, 5.74) is 0. The lowest BCUT2D eigenvalue weighted by Crippen LogP contribution is -2.35. The predicted molar refractivity (Wildman–Crippen MR) is 37.3 cm³/mol. The summed E-state index contributed by atoms with van der Waals surface area (Å²) >= 11 is 0. The van der Waals surface area contributed by atoms with Crippen LogP contribution in [0.15, 0.2) is 0 Å². The Morgan fingerprint density at radius 3 is 2.50 bits per heavy atom. The zero-order valence-electron chi connectivity index (χ0n) is 6.49. The first kappa shape index (κ1) is 10.8. The third-order valence-corrected chi connectivity index (χ3v) is 1.04. The number of carbonyl (C=O) groups is 1. The van der Waals surface area contributed by atoms with Gasteiger partial charge < -0.3 is 9.84 Å². The predicted octanol–water partition coefficient (Wildman–Crippen LogP) is -0.762. The molecule has 5 heteroatoms. The lowest BCUT2D eigenvalue weighted by Gasteiger charge is -2.18. The van der Waals surface area contributed by atoms with Gasteiger partial charge in [-0.1, -0.05) is 0 Å². The van der Waals surface area contributed by atoms with Crippen LogP contribution in [0.2, 0.25) is 0 Å². The highest BCUT2D eigenvalue weighted by molar-refractivity contribution is 5.72. The van der Waals surface area contributed by atoms with Crippen LogP contribution in [0.25, 0.3) is 0 Å². The standard InChI is InChI=1S/C7H8O5/c1-6(10)12-7(11,5-9)3-2-4-8/h11H,2-3H2,1H3. The van der Waals surface area contributed by atoms with E-state index in [2.05, 4.69) is 4.74 Å². The zero-order chi connectivity index (χ0) is 9.61. The number of carbonyl (C=O) groups excluding carboxylic acids is 3. The van der Waals surface area contributed by atoms with Crippen molar-refractivity contribution < 1.29 is 24.2 Å². The van der Waals surface area contributed by atoms with E-state index in [1.807, 2.05) is 0 Å². The van der Waals surface area contributed by atoms with E-state index in [1.165, 1.54) is 6.29 Å². The molecule has 0 aromatic rings. The van der Waals surface area contributed by atoms with Crippen molar-refractivity contribution in [3.8, 4) is 0 Å². The fraction of sp³-hybridized carbons (Fsp3) is 0.571. The summed E-state index contributed by atoms with van der Waals surface area (Å²) in [6, 6.07) is 0. The molecular weight excluding hydrogens is 164 g/mol. The molecule has 0 saturated heterocycles. The lowest BCUT2D eigenvalue weighted by atomic mass is 10.2. The Balaban J connectivity index is 4.12. The van der Waals surface area contributed by atoms with Crippen LogP contribution in [0.5, 0.6) is 0 Å². The van der Waals surface area contributed by atoms with E-state index in [-0.39, 0.29) is 12.8 Å². The number of hydrogen-bond donors (Lipinski definition) is 1. The minimum atomic E-state index is -2.30. The lowest BCUT2D eigenvalue weighted by molar-refractivity contribution is -0.182. The summed E-state index contributed by atoms with van der Waals surface area (Å²) in [6.45, 7) is 1.03. The highest BCUT2D eigenvalue weighted by atomic mass is 16.7. The van der Waals surface area contributed by atoms with Crippen LogP contribution in [0.1, 0.15) is 19.8 Å². The first-order valence-electron chi connectivity index (χ1n) is 3.20. The highest BCUT2D eigenvalue weighted by Crippen LogP contribution is 2.10. The summed E-state index contributed by atoms with van der Waals surface area (Å²) in [5, 5.41) is 9.08. The van der Waals surface area contributed by atoms with Crippen molar-refractivity contribution in [2.24, 2.45) is 0 Å². The normalized spacial score (nSPS) is 14.5. The summed E-state index contributed by atoms with van der Waals surface area (Å²) in [5.74, 6) is -3.12. The molecule has 0 bridgehead atoms. The van der Waals surface area contributed by atoms with Gasteiger partial charge in [-0.25, -0.2) is 0 Å². The average Bonchev–Trinajstić information content (AvgIpc) is 2.00. The van der Waals surface area contributed by atoms with Gasteiger partial charge in [0.1, 0.15) is 0 Å². The topological polar surface area (TPSA) is 80.7 Å². The number of hydrogen-bond acceptors (Lipinski definition) is 5. The van der Waals surface area contributed by atoms with Crippen LogP contribution in [-0.2, 0) is 19.1 Å². The maximum absolute atomic E-state index is 10.3. The van der Waals surface area contributed by atoms with Crippen LogP contribution in [0, 0.1) is 0 Å². The number of esters is 1. The largest absolute Gasteiger partial charge is 0.425 e. The van der Waals surface area contributed by atoms with Gasteiger partial charge in [0.15, 0.2) is 6.29 Å². The van der Waals surface area contributed by atoms with Gasteiger partial charge in [-0.3, -0.25) is 14.4 Å². The summed E-state index contributed by atoms with van der Waals surface area (Å²) in [6.07, 6.45) is 2.06. The van der Waals surface area contributed by atoms with Crippen LogP contribution in [0.4, 0.5) is 0 Å². The van der Waals surface area contributed by atoms with Crippen molar-refractivity contribution >= 4 is 18.5 Å². The quantitative estimate of drug-likeness (QED) is 0.435. The van der Waals surface area contributed by atoms with Gasteiger partial charge in [0.2, 0.25) is 0 Å². The average molecular weight is 172 g/mol. The number of rotatable bonds is 5. The molecule has 0 heterocycles. The molecule has 0 spiro atoms. The minimum Gasteiger partial charge on any atom is -0.425 e. The SMILES string of the molecule is CC(=O)OC(O)([C]=O)CC[C]=O. The van der Waals surface area contributed by atoms with E-state index < -0.39 is 11.8 Å². The molecule has 66 valence electrons. The second-order valence-electron chi connectivity index (χ2n) is 2.12. The Bertz CT molecular complexity index is 188. The number of aliphatic hydroxyl groups is 1. The maximum Gasteiger partial charge on any atom is 0.305 e. The molecule has 1 N–H and O–H groups in total. The van der Waals surface area contributed by atoms with Gasteiger partial charge in [-0.2, -0.15) is 0 Å². The molecule has 1 unspecified atom stereocenters. The van der Waals surface area contributed by atoms with E-state index in [4.69, 9.17) is 5.11 Å². The Kier molecular flexibility index (Phi) is 4.14. The molecule has 0 saturated carbocycles. The molecule has 0 fully saturated rings. The smallest absolute Gasteiger partial charge is 0.305 e. The first-order valence-corrected chi connectivity index (χ1v) is 3.20. The van der Waals surface area contributed by atoms with E-state index >= 15 is 0 Å². The van der Waals surface area contributed by atoms with Crippen LogP contribution >= 0.6 is 0 Å². The van der Waals surface area contributed by atoms with Gasteiger partial charge in [0, 0.05) is 19.8 Å². The highest BCUT2D eigenvalue weighted by Gasteiger charge is 2.30. The van der Waals surface area contributed by atoms with Crippen molar-refractivity contribution in [1.29, 1.82) is 0 Å². The molecule has 1 atom stereocenters. The minimum absolute atomic E-state index is 0.195. The van der Waals surface area contributed by atoms with Gasteiger partial charge >= 0.3 is 5.97 Å². The molecular formula is C7H8O5. The molecule has 0 aromatic carbocycles. The molecule has 12 heavy (non-hydrogen) atoms. The maximum atomic E-state index is 10.3. The van der Waals surface area contributed by atoms with E-state index in [0.717, 1.165) is 13.2 Å². The van der Waals surface area contributed by atoms with Gasteiger partial charge in [-0.05, 0) is 0 Å². The third-order valence-electron chi connectivity index (χ3n) is 1.04. The molecule has 0 rings (SSSR count). The van der Waals surface area contributed by atoms with Crippen LogP contribution < -0.4 is 0 Å². The van der Waals surface area contributed by atoms with E-state index in [1.54, 1.807) is 0 Å². The van der Waals surface area contributed by atoms with Crippen LogP contribution in [0.3, 0.4) is 0 Å². The monoisotopic (exact) mass is 172 g/mol. The molecule has 2 radical (unpaired) electrons. The second-order valence-corrected chi connectivity index (χ2v) is 2.12. The summed E-state index contributed by atoms with van der Waals surface area (Å²) < 4.78 is 4.20. The van der Waals surface area contributed by atoms with Gasteiger partial charge in [0.25, 0.3) is 12.1 Å². The van der Waals surface area contributed by atoms with Crippen molar-refractivity contribution in [1.82, 2.24) is 0 Å². The fourth-order valence-corrected chi connectivity index (χ4v) is 0.581. The first-order chi connectivity index (χ1) is 5.54. The van der Waals surface area contributed by atoms with Crippen molar-refractivity contribution in [2.45, 2.75) is 25.6 Å². The molecule has 0 aromatic heterocycles. The summed E-state index contributed by atoms with van der Waals surface area (Å²) in [4.78, 5) is 30.2. The molecule has 0 aliphatic heterocycles. The molecule has 0 aliphatic rings. The van der Waals surface area contributed by atoms with Crippen molar-refractivity contribution in [3.05, 3.63) is 0 Å². The van der Waals surface area contributed by atoms with Crippen molar-refractivity contribution in [2.75, 3.05) is 0 Å². The molecule has 0 amide bonds. The fourth-order valence-electron chi connectivity index (χ4n) is 0.581. The second kappa shape index (κ2) is 4.61. The Labute approximate surface area is 69.3 Å². The molecule has 0 aliphatic carbocycles. The third kappa shape index (κ3) is 3.82. The van der Waals surface area contributed by atoms with Gasteiger partial charge in [-0.15, -0.1) is 0 Å². The van der Waals surface area contributed by atoms with Crippen molar-refractivity contribution in [3.63, 3.8) is 0 Å². The van der Waals surface area contributed by atoms with E-state index in [0.29, 0.717) is 0 Å². The van der Waals surface area contributed by atoms with E-state index in [9.17, 15) is 14.4 Å². The van der Waals surface area contributed by atoms with Gasteiger partial charge in [0.05, 0.1) is 0 Å². The molecule has 5 nitrogen and oxygen atoms in total. The Hall–Kier alpha value is -1.23. The zero-order valence-corrected chi connectivity index (χ0v) is 6.49. The summed E-state index contributed by atoms with van der Waals surface area (Å²) in [7, 11) is 0. The number of ether oxygens (including phenoxy) is 1. The Morgan fingerprint density at radius 2 is 2.17 bits per heavy atom. The van der Waals surface area contributed by atoms with Crippen LogP contribution in [-0.4, -0.2) is 29.4 Å².